The number of hydrogen-bond donors (Lipinski definition) is 1. The fourth-order valence-corrected chi connectivity index (χ4v) is 3.75. The fraction of sp³-hybridized carbons (Fsp3) is 0.818. The van der Waals surface area contributed by atoms with E-state index in [1.165, 1.54) is 18.6 Å². The van der Waals surface area contributed by atoms with Gasteiger partial charge in [0.05, 0.1) is 11.9 Å². The predicted octanol–water partition coefficient (Wildman–Crippen LogP) is 1.72. The molecule has 4 nitrogen and oxygen atoms in total. The summed E-state index contributed by atoms with van der Waals surface area (Å²) in [4.78, 5) is 4.66. The average molecular weight is 239 g/mol. The third-order valence-corrected chi connectivity index (χ3v) is 4.82. The first-order valence-corrected chi connectivity index (χ1v) is 7.10. The van der Waals surface area contributed by atoms with Crippen LogP contribution in [0.4, 0.5) is 0 Å². The molecule has 1 aromatic heterocycles. The highest BCUT2D eigenvalue weighted by Gasteiger charge is 2.28. The maximum absolute atomic E-state index is 9.33. The highest BCUT2D eigenvalue weighted by molar-refractivity contribution is 7.99. The van der Waals surface area contributed by atoms with Gasteiger partial charge in [-0.15, -0.1) is 0 Å². The molecule has 3 rings (SSSR count). The van der Waals surface area contributed by atoms with Crippen LogP contribution in [0.15, 0.2) is 0 Å². The van der Waals surface area contributed by atoms with Crippen LogP contribution in [-0.2, 0) is 6.54 Å². The SMILES string of the molecule is OCC1CCCn2nc(C3CCCS3)nc21. The molecule has 2 aliphatic heterocycles. The molecule has 3 heterocycles. The third kappa shape index (κ3) is 1.76. The van der Waals surface area contributed by atoms with Crippen molar-refractivity contribution < 1.29 is 5.11 Å². The molecular formula is C11H17N3OS. The Balaban J connectivity index is 1.89. The number of rotatable bonds is 2. The lowest BCUT2D eigenvalue weighted by Gasteiger charge is -2.19. The van der Waals surface area contributed by atoms with Crippen molar-refractivity contribution >= 4 is 11.8 Å². The van der Waals surface area contributed by atoms with Crippen molar-refractivity contribution in [3.63, 3.8) is 0 Å². The molecule has 0 spiro atoms. The zero-order chi connectivity index (χ0) is 11.0. The van der Waals surface area contributed by atoms with Gasteiger partial charge in [0.15, 0.2) is 5.82 Å². The maximum atomic E-state index is 9.33. The van der Waals surface area contributed by atoms with Crippen molar-refractivity contribution in [3.05, 3.63) is 11.6 Å². The Hall–Kier alpha value is -0.550. The Labute approximate surface area is 99.4 Å². The molecule has 1 fully saturated rings. The number of aryl methyl sites for hydroxylation is 1. The van der Waals surface area contributed by atoms with E-state index < -0.39 is 0 Å². The first-order chi connectivity index (χ1) is 7.88. The summed E-state index contributed by atoms with van der Waals surface area (Å²) in [5.74, 6) is 3.45. The highest BCUT2D eigenvalue weighted by atomic mass is 32.2. The van der Waals surface area contributed by atoms with E-state index in [2.05, 4.69) is 10.1 Å². The molecule has 0 radical (unpaired) electrons. The topological polar surface area (TPSA) is 50.9 Å². The van der Waals surface area contributed by atoms with Gasteiger partial charge in [0.2, 0.25) is 0 Å². The van der Waals surface area contributed by atoms with Crippen LogP contribution in [0.1, 0.15) is 48.5 Å². The van der Waals surface area contributed by atoms with Crippen LogP contribution < -0.4 is 0 Å². The standard InChI is InChI=1S/C11H17N3OS/c15-7-8-3-1-5-14-11(8)12-10(13-14)9-4-2-6-16-9/h8-9,15H,1-7H2. The molecule has 16 heavy (non-hydrogen) atoms. The lowest BCUT2D eigenvalue weighted by atomic mass is 10.0. The van der Waals surface area contributed by atoms with Crippen molar-refractivity contribution in [3.8, 4) is 0 Å². The Morgan fingerprint density at radius 1 is 1.38 bits per heavy atom. The number of fused-ring (bicyclic) bond motifs is 1. The van der Waals surface area contributed by atoms with E-state index >= 15 is 0 Å². The second-order valence-corrected chi connectivity index (χ2v) is 5.89. The smallest absolute Gasteiger partial charge is 0.163 e. The van der Waals surface area contributed by atoms with Crippen molar-refractivity contribution in [2.75, 3.05) is 12.4 Å². The molecule has 1 saturated heterocycles. The minimum atomic E-state index is 0.204. The van der Waals surface area contributed by atoms with Gasteiger partial charge in [0.25, 0.3) is 0 Å². The maximum Gasteiger partial charge on any atom is 0.163 e. The number of aromatic nitrogens is 3. The van der Waals surface area contributed by atoms with Crippen molar-refractivity contribution in [2.24, 2.45) is 0 Å². The zero-order valence-electron chi connectivity index (χ0n) is 9.30. The van der Waals surface area contributed by atoms with Crippen molar-refractivity contribution in [2.45, 2.75) is 43.4 Å². The minimum absolute atomic E-state index is 0.204. The third-order valence-electron chi connectivity index (χ3n) is 3.44. The first kappa shape index (κ1) is 10.6. The predicted molar refractivity (Wildman–Crippen MR) is 63.5 cm³/mol. The van der Waals surface area contributed by atoms with Gasteiger partial charge in [0, 0.05) is 12.5 Å². The minimum Gasteiger partial charge on any atom is -0.396 e. The molecule has 0 amide bonds. The molecule has 2 aliphatic rings. The summed E-state index contributed by atoms with van der Waals surface area (Å²) in [6.45, 7) is 1.17. The summed E-state index contributed by atoms with van der Waals surface area (Å²) in [7, 11) is 0. The van der Waals surface area contributed by atoms with Gasteiger partial charge in [-0.05, 0) is 31.4 Å². The summed E-state index contributed by atoms with van der Waals surface area (Å²) in [6, 6.07) is 0. The quantitative estimate of drug-likeness (QED) is 0.853. The van der Waals surface area contributed by atoms with Crippen LogP contribution in [-0.4, -0.2) is 32.2 Å². The summed E-state index contributed by atoms with van der Waals surface area (Å²) < 4.78 is 2.01. The molecule has 1 aromatic rings. The van der Waals surface area contributed by atoms with E-state index in [9.17, 15) is 5.11 Å². The average Bonchev–Trinajstić information content (AvgIpc) is 2.96. The van der Waals surface area contributed by atoms with E-state index in [0.29, 0.717) is 5.25 Å². The Kier molecular flexibility index (Phi) is 2.90. The molecule has 2 unspecified atom stereocenters. The summed E-state index contributed by atoms with van der Waals surface area (Å²) in [5, 5.41) is 14.4. The molecular weight excluding hydrogens is 222 g/mol. The number of aliphatic hydroxyl groups is 1. The molecule has 0 bridgehead atoms. The van der Waals surface area contributed by atoms with Crippen LogP contribution >= 0.6 is 11.8 Å². The van der Waals surface area contributed by atoms with E-state index in [1.807, 2.05) is 16.4 Å². The summed E-state index contributed by atoms with van der Waals surface area (Å²) >= 11 is 1.97. The number of aliphatic hydroxyl groups excluding tert-OH is 1. The number of hydrogen-bond acceptors (Lipinski definition) is 4. The van der Waals surface area contributed by atoms with E-state index in [4.69, 9.17) is 0 Å². The van der Waals surface area contributed by atoms with Gasteiger partial charge in [-0.1, -0.05) is 0 Å². The molecule has 0 saturated carbocycles. The van der Waals surface area contributed by atoms with Gasteiger partial charge in [0.1, 0.15) is 5.82 Å². The summed E-state index contributed by atoms with van der Waals surface area (Å²) in [6.07, 6.45) is 4.64. The number of thioether (sulfide) groups is 1. The van der Waals surface area contributed by atoms with Crippen LogP contribution in [0.2, 0.25) is 0 Å². The number of nitrogens with zero attached hydrogens (tertiary/aromatic N) is 3. The van der Waals surface area contributed by atoms with E-state index in [0.717, 1.165) is 31.0 Å². The van der Waals surface area contributed by atoms with Crippen LogP contribution in [0.3, 0.4) is 0 Å². The largest absolute Gasteiger partial charge is 0.396 e. The van der Waals surface area contributed by atoms with Crippen LogP contribution in [0.25, 0.3) is 0 Å². The Morgan fingerprint density at radius 2 is 2.31 bits per heavy atom. The Bertz CT molecular complexity index is 373. The normalized spacial score (nSPS) is 29.3. The van der Waals surface area contributed by atoms with Crippen molar-refractivity contribution in [1.82, 2.24) is 14.8 Å². The molecule has 5 heteroatoms. The lowest BCUT2D eigenvalue weighted by molar-refractivity contribution is 0.234. The first-order valence-electron chi connectivity index (χ1n) is 6.05. The van der Waals surface area contributed by atoms with E-state index in [-0.39, 0.29) is 12.5 Å². The van der Waals surface area contributed by atoms with E-state index in [1.54, 1.807) is 0 Å². The van der Waals surface area contributed by atoms with Gasteiger partial charge in [-0.3, -0.25) is 0 Å². The highest BCUT2D eigenvalue weighted by Crippen LogP contribution is 2.39. The van der Waals surface area contributed by atoms with Crippen LogP contribution in [0.5, 0.6) is 0 Å². The molecule has 1 N–H and O–H groups in total. The summed E-state index contributed by atoms with van der Waals surface area (Å²) in [5.41, 5.74) is 0. The van der Waals surface area contributed by atoms with Gasteiger partial charge in [-0.25, -0.2) is 9.67 Å². The Morgan fingerprint density at radius 3 is 3.06 bits per heavy atom. The second kappa shape index (κ2) is 4.37. The molecule has 0 aromatic carbocycles. The van der Waals surface area contributed by atoms with Crippen molar-refractivity contribution in [1.29, 1.82) is 0 Å². The second-order valence-electron chi connectivity index (χ2n) is 4.57. The lowest BCUT2D eigenvalue weighted by Crippen LogP contribution is -2.19. The van der Waals surface area contributed by atoms with Gasteiger partial charge >= 0.3 is 0 Å². The van der Waals surface area contributed by atoms with Gasteiger partial charge < -0.3 is 5.11 Å². The fourth-order valence-electron chi connectivity index (χ4n) is 2.55. The molecule has 0 aliphatic carbocycles. The van der Waals surface area contributed by atoms with Gasteiger partial charge in [-0.2, -0.15) is 16.9 Å². The zero-order valence-corrected chi connectivity index (χ0v) is 10.1. The van der Waals surface area contributed by atoms with Crippen LogP contribution in [0, 0.1) is 0 Å². The molecule has 88 valence electrons. The monoisotopic (exact) mass is 239 g/mol. The molecule has 2 atom stereocenters.